The van der Waals surface area contributed by atoms with Crippen molar-refractivity contribution in [2.75, 3.05) is 30.3 Å². The van der Waals surface area contributed by atoms with Crippen molar-refractivity contribution in [3.8, 4) is 0 Å². The summed E-state index contributed by atoms with van der Waals surface area (Å²) >= 11 is 1.62. The maximum Gasteiger partial charge on any atom is 0.253 e. The molecule has 1 aliphatic rings. The molecule has 0 spiro atoms. The number of aromatic nitrogens is 2. The number of aliphatic hydroxyl groups is 1. The highest BCUT2D eigenvalue weighted by molar-refractivity contribution is 7.15. The number of hydrogen-bond acceptors (Lipinski definition) is 9. The minimum atomic E-state index is -0.611. The molecule has 38 heavy (non-hydrogen) atoms. The van der Waals surface area contributed by atoms with Gasteiger partial charge in [-0.15, -0.1) is 17.9 Å². The van der Waals surface area contributed by atoms with E-state index in [-0.39, 0.29) is 17.4 Å². The lowest BCUT2D eigenvalue weighted by Gasteiger charge is -2.33. The van der Waals surface area contributed by atoms with Crippen LogP contribution in [-0.4, -0.2) is 57.7 Å². The summed E-state index contributed by atoms with van der Waals surface area (Å²) in [4.78, 5) is 25.0. The van der Waals surface area contributed by atoms with Crippen LogP contribution in [0, 0.1) is 0 Å². The Kier molecular flexibility index (Phi) is 9.19. The van der Waals surface area contributed by atoms with Crippen LogP contribution in [0.1, 0.15) is 60.5 Å². The van der Waals surface area contributed by atoms with Crippen molar-refractivity contribution >= 4 is 28.1 Å². The van der Waals surface area contributed by atoms with Crippen LogP contribution in [0.5, 0.6) is 0 Å². The molecule has 204 valence electrons. The molecule has 1 amide bonds. The minimum absolute atomic E-state index is 0.0272. The normalized spacial score (nSPS) is 16.7. The summed E-state index contributed by atoms with van der Waals surface area (Å²) in [7, 11) is 0. The first-order valence-corrected chi connectivity index (χ1v) is 13.8. The molecule has 4 rings (SSSR count). The first-order valence-electron chi connectivity index (χ1n) is 13.0. The molecule has 0 saturated carbocycles. The Labute approximate surface area is 228 Å². The average molecular weight is 539 g/mol. The number of thiazole rings is 1. The summed E-state index contributed by atoms with van der Waals surface area (Å²) in [5, 5.41) is 20.5. The maximum atomic E-state index is 13.1. The van der Waals surface area contributed by atoms with Crippen LogP contribution in [0.2, 0.25) is 0 Å². The number of aliphatic hydroxyl groups excluding tert-OH is 1. The standard InChI is InChI=1S/C28H38N6O3S/c1-5-22(35)13-30-20-10-8-19(9-11-20)26(36)34-12-6-7-21(18-34)33-27-32-15-23(38-27)14-29-17-25-31-16-24(37-25)28(2,3)4/h5,8-11,15-16,21-22,29-30,35H,1,6-7,12-14,17-18H2,2-4H3,(H,32,33)/t21-,22?/m1/s1. The quantitative estimate of drug-likeness (QED) is 0.266. The highest BCUT2D eigenvalue weighted by atomic mass is 32.1. The summed E-state index contributed by atoms with van der Waals surface area (Å²) in [5.74, 6) is 1.59. The summed E-state index contributed by atoms with van der Waals surface area (Å²) in [6.45, 7) is 12.9. The van der Waals surface area contributed by atoms with Crippen LogP contribution in [0.4, 0.5) is 10.8 Å². The second-order valence-electron chi connectivity index (χ2n) is 10.6. The van der Waals surface area contributed by atoms with Gasteiger partial charge in [-0.25, -0.2) is 9.97 Å². The number of benzene rings is 1. The van der Waals surface area contributed by atoms with Gasteiger partial charge in [-0.3, -0.25) is 4.79 Å². The fourth-order valence-corrected chi connectivity index (χ4v) is 5.02. The maximum absolute atomic E-state index is 13.1. The Hall–Kier alpha value is -3.21. The molecule has 1 unspecified atom stereocenters. The van der Waals surface area contributed by atoms with Crippen molar-refractivity contribution in [1.29, 1.82) is 0 Å². The summed E-state index contributed by atoms with van der Waals surface area (Å²) < 4.78 is 5.84. The fraction of sp³-hybridized carbons (Fsp3) is 0.464. The van der Waals surface area contributed by atoms with Crippen molar-refractivity contribution in [1.82, 2.24) is 20.2 Å². The van der Waals surface area contributed by atoms with E-state index in [9.17, 15) is 9.90 Å². The molecule has 4 N–H and O–H groups in total. The smallest absolute Gasteiger partial charge is 0.253 e. The van der Waals surface area contributed by atoms with Crippen LogP contribution >= 0.6 is 11.3 Å². The number of carbonyl (C=O) groups excluding carboxylic acids is 1. The lowest BCUT2D eigenvalue weighted by Crippen LogP contribution is -2.45. The number of rotatable bonds is 11. The molecule has 1 fully saturated rings. The number of likely N-dealkylation sites (tertiary alicyclic amines) is 1. The molecule has 3 aromatic rings. The van der Waals surface area contributed by atoms with Crippen molar-refractivity contribution in [3.63, 3.8) is 0 Å². The van der Waals surface area contributed by atoms with Gasteiger partial charge in [-0.05, 0) is 37.1 Å². The van der Waals surface area contributed by atoms with E-state index in [0.29, 0.717) is 37.6 Å². The van der Waals surface area contributed by atoms with Gasteiger partial charge in [0.25, 0.3) is 5.91 Å². The Morgan fingerprint density at radius 1 is 1.26 bits per heavy atom. The SMILES string of the molecule is C=CC(O)CNc1ccc(C(=O)N2CCC[C@@H](Nc3ncc(CNCc4ncc(C(C)(C)C)o4)s3)C2)cc1. The van der Waals surface area contributed by atoms with Gasteiger partial charge < -0.3 is 30.4 Å². The lowest BCUT2D eigenvalue weighted by molar-refractivity contribution is 0.0715. The van der Waals surface area contributed by atoms with E-state index in [2.05, 4.69) is 53.3 Å². The highest BCUT2D eigenvalue weighted by Crippen LogP contribution is 2.24. The predicted molar refractivity (Wildman–Crippen MR) is 152 cm³/mol. The van der Waals surface area contributed by atoms with Gasteiger partial charge in [0, 0.05) is 60.0 Å². The molecule has 0 aliphatic carbocycles. The number of anilines is 2. The zero-order valence-corrected chi connectivity index (χ0v) is 23.2. The molecular weight excluding hydrogens is 500 g/mol. The number of piperidine rings is 1. The summed E-state index contributed by atoms with van der Waals surface area (Å²) in [6.07, 6.45) is 6.48. The minimum Gasteiger partial charge on any atom is -0.444 e. The number of carbonyl (C=O) groups is 1. The van der Waals surface area contributed by atoms with Crippen molar-refractivity contribution in [3.05, 3.63) is 71.4 Å². The zero-order chi connectivity index (χ0) is 27.1. The van der Waals surface area contributed by atoms with Gasteiger partial charge in [0.05, 0.1) is 18.8 Å². The molecule has 10 heteroatoms. The molecule has 1 aromatic carbocycles. The summed E-state index contributed by atoms with van der Waals surface area (Å²) in [5.41, 5.74) is 1.45. The first kappa shape index (κ1) is 27.8. The van der Waals surface area contributed by atoms with E-state index < -0.39 is 6.10 Å². The molecule has 0 bridgehead atoms. The van der Waals surface area contributed by atoms with Crippen LogP contribution in [0.15, 0.2) is 53.7 Å². The molecule has 0 radical (unpaired) electrons. The largest absolute Gasteiger partial charge is 0.444 e. The van der Waals surface area contributed by atoms with E-state index in [0.717, 1.165) is 40.8 Å². The first-order chi connectivity index (χ1) is 18.2. The second kappa shape index (κ2) is 12.6. The van der Waals surface area contributed by atoms with Crippen molar-refractivity contribution < 1.29 is 14.3 Å². The van der Waals surface area contributed by atoms with Crippen molar-refractivity contribution in [2.45, 2.75) is 64.3 Å². The van der Waals surface area contributed by atoms with Crippen molar-refractivity contribution in [2.24, 2.45) is 0 Å². The summed E-state index contributed by atoms with van der Waals surface area (Å²) in [6, 6.07) is 7.52. The Bertz CT molecular complexity index is 1200. The molecule has 2 atom stereocenters. The van der Waals surface area contributed by atoms with E-state index in [1.807, 2.05) is 35.4 Å². The third-order valence-electron chi connectivity index (χ3n) is 6.38. The molecule has 1 aliphatic heterocycles. The van der Waals surface area contributed by atoms with Gasteiger partial charge in [-0.2, -0.15) is 0 Å². The number of oxazole rings is 1. The lowest BCUT2D eigenvalue weighted by atomic mass is 9.94. The topological polar surface area (TPSA) is 116 Å². The van der Waals surface area contributed by atoms with Gasteiger partial charge >= 0.3 is 0 Å². The molecule has 1 saturated heterocycles. The van der Waals surface area contributed by atoms with Crippen LogP contribution < -0.4 is 16.0 Å². The molecule has 9 nitrogen and oxygen atoms in total. The van der Waals surface area contributed by atoms with Gasteiger partial charge in [0.15, 0.2) is 5.13 Å². The predicted octanol–water partition coefficient (Wildman–Crippen LogP) is 4.39. The average Bonchev–Trinajstić information content (AvgIpc) is 3.57. The van der Waals surface area contributed by atoms with Crippen LogP contribution in [0.3, 0.4) is 0 Å². The van der Waals surface area contributed by atoms with Gasteiger partial charge in [0.1, 0.15) is 5.76 Å². The third kappa shape index (κ3) is 7.66. The van der Waals surface area contributed by atoms with Gasteiger partial charge in [0.2, 0.25) is 5.89 Å². The van der Waals surface area contributed by atoms with E-state index >= 15 is 0 Å². The number of nitrogens with zero attached hydrogens (tertiary/aromatic N) is 3. The third-order valence-corrected chi connectivity index (χ3v) is 7.31. The number of hydrogen-bond donors (Lipinski definition) is 4. The van der Waals surface area contributed by atoms with E-state index in [1.165, 1.54) is 6.08 Å². The van der Waals surface area contributed by atoms with E-state index in [4.69, 9.17) is 4.42 Å². The van der Waals surface area contributed by atoms with Gasteiger partial charge in [-0.1, -0.05) is 26.8 Å². The second-order valence-corrected chi connectivity index (χ2v) is 11.7. The number of nitrogens with one attached hydrogen (secondary N) is 3. The molecular formula is C28H38N6O3S. The molecule has 3 heterocycles. The Balaban J connectivity index is 1.24. The molecule has 2 aromatic heterocycles. The number of amides is 1. The zero-order valence-electron chi connectivity index (χ0n) is 22.4. The fourth-order valence-electron chi connectivity index (χ4n) is 4.16. The Morgan fingerprint density at radius 3 is 2.76 bits per heavy atom. The van der Waals surface area contributed by atoms with Crippen LogP contribution in [-0.2, 0) is 18.5 Å². The van der Waals surface area contributed by atoms with E-state index in [1.54, 1.807) is 17.5 Å². The van der Waals surface area contributed by atoms with Crippen LogP contribution in [0.25, 0.3) is 0 Å². The monoisotopic (exact) mass is 538 g/mol. The Morgan fingerprint density at radius 2 is 2.05 bits per heavy atom. The highest BCUT2D eigenvalue weighted by Gasteiger charge is 2.25.